The van der Waals surface area contributed by atoms with Crippen molar-refractivity contribution in [2.75, 3.05) is 25.9 Å². The smallest absolute Gasteiger partial charge is 0.224 e. The summed E-state index contributed by atoms with van der Waals surface area (Å²) >= 11 is 0. The molecular weight excluding hydrogens is 321 g/mol. The number of benzene rings is 1. The average molecular weight is 348 g/mol. The number of nitrogens with zero attached hydrogens (tertiary/aromatic N) is 1. The van der Waals surface area contributed by atoms with Gasteiger partial charge < -0.3 is 16.0 Å². The third kappa shape index (κ3) is 6.86. The molecule has 22 heavy (non-hydrogen) atoms. The second-order valence-corrected chi connectivity index (χ2v) is 5.69. The molecule has 0 radical (unpaired) electrons. The minimum Gasteiger partial charge on any atom is -0.399 e. The van der Waals surface area contributed by atoms with Gasteiger partial charge in [-0.1, -0.05) is 25.0 Å². The molecule has 6 heteroatoms. The summed E-state index contributed by atoms with van der Waals surface area (Å²) in [5.41, 5.74) is 7.35. The van der Waals surface area contributed by atoms with Crippen LogP contribution in [0.4, 0.5) is 5.69 Å². The molecule has 126 valence electrons. The van der Waals surface area contributed by atoms with Crippen LogP contribution in [0.3, 0.4) is 0 Å². The quantitative estimate of drug-likeness (QED) is 0.777. The Morgan fingerprint density at radius 3 is 2.41 bits per heavy atom. The van der Waals surface area contributed by atoms with Crippen molar-refractivity contribution in [2.45, 2.75) is 38.1 Å². The average Bonchev–Trinajstić information content (AvgIpc) is 2.95. The van der Waals surface area contributed by atoms with E-state index in [9.17, 15) is 4.79 Å². The Kier molecular flexibility index (Phi) is 10.2. The molecule has 1 fully saturated rings. The Bertz CT molecular complexity index is 434. The Balaban J connectivity index is 0.00000220. The van der Waals surface area contributed by atoms with Crippen LogP contribution in [0.2, 0.25) is 0 Å². The molecule has 2 rings (SSSR count). The molecule has 0 aromatic heterocycles. The molecule has 1 aromatic carbocycles. The van der Waals surface area contributed by atoms with Gasteiger partial charge in [-0.15, -0.1) is 24.8 Å². The zero-order valence-corrected chi connectivity index (χ0v) is 14.7. The van der Waals surface area contributed by atoms with Gasteiger partial charge in [-0.2, -0.15) is 0 Å². The molecule has 1 saturated carbocycles. The normalized spacial score (nSPS) is 14.3. The molecule has 0 aliphatic heterocycles. The predicted octanol–water partition coefficient (Wildman–Crippen LogP) is 2.65. The first-order valence-corrected chi connectivity index (χ1v) is 7.46. The number of halogens is 2. The first-order chi connectivity index (χ1) is 9.65. The molecule has 0 unspecified atom stereocenters. The first-order valence-electron chi connectivity index (χ1n) is 7.46. The molecule has 0 bridgehead atoms. The van der Waals surface area contributed by atoms with Crippen molar-refractivity contribution < 1.29 is 4.79 Å². The van der Waals surface area contributed by atoms with Crippen molar-refractivity contribution in [1.82, 2.24) is 10.2 Å². The van der Waals surface area contributed by atoms with Gasteiger partial charge in [0.15, 0.2) is 0 Å². The van der Waals surface area contributed by atoms with Gasteiger partial charge in [-0.05, 0) is 37.6 Å². The monoisotopic (exact) mass is 347 g/mol. The van der Waals surface area contributed by atoms with E-state index in [1.54, 1.807) is 0 Å². The zero-order valence-electron chi connectivity index (χ0n) is 13.1. The molecule has 0 spiro atoms. The second-order valence-electron chi connectivity index (χ2n) is 5.69. The summed E-state index contributed by atoms with van der Waals surface area (Å²) in [4.78, 5) is 14.2. The fourth-order valence-corrected chi connectivity index (χ4v) is 2.78. The number of rotatable bonds is 6. The van der Waals surface area contributed by atoms with E-state index in [0.717, 1.165) is 24.3 Å². The molecule has 0 atom stereocenters. The van der Waals surface area contributed by atoms with E-state index in [2.05, 4.69) is 17.3 Å². The summed E-state index contributed by atoms with van der Waals surface area (Å²) in [6.45, 7) is 1.65. The van der Waals surface area contributed by atoms with E-state index < -0.39 is 0 Å². The van der Waals surface area contributed by atoms with Crippen molar-refractivity contribution in [1.29, 1.82) is 0 Å². The second kappa shape index (κ2) is 10.7. The van der Waals surface area contributed by atoms with Crippen molar-refractivity contribution in [3.63, 3.8) is 0 Å². The largest absolute Gasteiger partial charge is 0.399 e. The summed E-state index contributed by atoms with van der Waals surface area (Å²) in [5, 5.41) is 2.99. The molecular formula is C16H27Cl2N3O. The van der Waals surface area contributed by atoms with Crippen LogP contribution >= 0.6 is 24.8 Å². The zero-order chi connectivity index (χ0) is 14.4. The van der Waals surface area contributed by atoms with Crippen LogP contribution in [-0.2, 0) is 11.2 Å². The Morgan fingerprint density at radius 2 is 1.82 bits per heavy atom. The first kappa shape index (κ1) is 21.0. The summed E-state index contributed by atoms with van der Waals surface area (Å²) in [5.74, 6) is 0.0783. The fraction of sp³-hybridized carbons (Fsp3) is 0.562. The van der Waals surface area contributed by atoms with Gasteiger partial charge in [0.1, 0.15) is 0 Å². The highest BCUT2D eigenvalue weighted by atomic mass is 35.5. The van der Waals surface area contributed by atoms with Crippen LogP contribution in [0, 0.1) is 0 Å². The van der Waals surface area contributed by atoms with Crippen LogP contribution in [0.25, 0.3) is 0 Å². The maximum Gasteiger partial charge on any atom is 0.224 e. The standard InChI is InChI=1S/C16H25N3O.2ClH/c1-19(15-4-2-3-5-15)11-10-18-16(20)12-13-6-8-14(17)9-7-13;;/h6-9,15H,2-5,10-12,17H2,1H3,(H,18,20);2*1H. The van der Waals surface area contributed by atoms with Crippen LogP contribution < -0.4 is 11.1 Å². The van der Waals surface area contributed by atoms with Crippen LogP contribution in [0.5, 0.6) is 0 Å². The number of amides is 1. The van der Waals surface area contributed by atoms with Gasteiger partial charge in [0.25, 0.3) is 0 Å². The van der Waals surface area contributed by atoms with Gasteiger partial charge in [0, 0.05) is 24.8 Å². The number of carbonyl (C=O) groups is 1. The minimum absolute atomic E-state index is 0. The molecule has 1 aliphatic carbocycles. The van der Waals surface area contributed by atoms with Crippen molar-refractivity contribution in [3.8, 4) is 0 Å². The molecule has 3 N–H and O–H groups in total. The van der Waals surface area contributed by atoms with Crippen molar-refractivity contribution >= 4 is 36.4 Å². The molecule has 4 nitrogen and oxygen atoms in total. The third-order valence-corrected chi connectivity index (χ3v) is 4.08. The van der Waals surface area contributed by atoms with Gasteiger partial charge in [0.05, 0.1) is 6.42 Å². The lowest BCUT2D eigenvalue weighted by Gasteiger charge is -2.23. The van der Waals surface area contributed by atoms with E-state index in [1.807, 2.05) is 24.3 Å². The van der Waals surface area contributed by atoms with Crippen molar-refractivity contribution in [3.05, 3.63) is 29.8 Å². The number of hydrogen-bond donors (Lipinski definition) is 2. The fourth-order valence-electron chi connectivity index (χ4n) is 2.78. The predicted molar refractivity (Wildman–Crippen MR) is 97.0 cm³/mol. The number of nitrogens with one attached hydrogen (secondary N) is 1. The van der Waals surface area contributed by atoms with Crippen molar-refractivity contribution in [2.24, 2.45) is 0 Å². The third-order valence-electron chi connectivity index (χ3n) is 4.08. The Morgan fingerprint density at radius 1 is 1.23 bits per heavy atom. The SMILES string of the molecule is CN(CCNC(=O)Cc1ccc(N)cc1)C1CCCC1.Cl.Cl. The number of likely N-dealkylation sites (N-methyl/N-ethyl adjacent to an activating group) is 1. The number of anilines is 1. The number of nitrogens with two attached hydrogens (primary N) is 1. The van der Waals surface area contributed by atoms with E-state index in [0.29, 0.717) is 12.5 Å². The summed E-state index contributed by atoms with van der Waals surface area (Å²) in [6, 6.07) is 8.18. The molecule has 1 aliphatic rings. The topological polar surface area (TPSA) is 58.4 Å². The van der Waals surface area contributed by atoms with Crippen LogP contribution in [0.15, 0.2) is 24.3 Å². The van der Waals surface area contributed by atoms with E-state index >= 15 is 0 Å². The lowest BCUT2D eigenvalue weighted by Crippen LogP contribution is -2.37. The summed E-state index contributed by atoms with van der Waals surface area (Å²) in [6.07, 6.45) is 5.72. The van der Waals surface area contributed by atoms with E-state index in [4.69, 9.17) is 5.73 Å². The molecule has 1 aromatic rings. The summed E-state index contributed by atoms with van der Waals surface area (Å²) < 4.78 is 0. The van der Waals surface area contributed by atoms with E-state index in [-0.39, 0.29) is 30.7 Å². The highest BCUT2D eigenvalue weighted by Gasteiger charge is 2.18. The lowest BCUT2D eigenvalue weighted by atomic mass is 10.1. The molecule has 1 amide bonds. The maximum absolute atomic E-state index is 11.8. The highest BCUT2D eigenvalue weighted by molar-refractivity contribution is 5.85. The Labute approximate surface area is 145 Å². The number of carbonyl (C=O) groups excluding carboxylic acids is 1. The van der Waals surface area contributed by atoms with Crippen LogP contribution in [0.1, 0.15) is 31.2 Å². The Hall–Kier alpha value is -0.970. The van der Waals surface area contributed by atoms with E-state index in [1.165, 1.54) is 25.7 Å². The minimum atomic E-state index is 0. The van der Waals surface area contributed by atoms with Gasteiger partial charge in [0.2, 0.25) is 5.91 Å². The maximum atomic E-state index is 11.8. The number of nitrogen functional groups attached to an aromatic ring is 1. The van der Waals surface area contributed by atoms with Crippen LogP contribution in [-0.4, -0.2) is 37.0 Å². The summed E-state index contributed by atoms with van der Waals surface area (Å²) in [7, 11) is 2.15. The lowest BCUT2D eigenvalue weighted by molar-refractivity contribution is -0.120. The number of hydrogen-bond acceptors (Lipinski definition) is 3. The van der Waals surface area contributed by atoms with Gasteiger partial charge in [-0.3, -0.25) is 4.79 Å². The molecule has 0 saturated heterocycles. The van der Waals surface area contributed by atoms with Gasteiger partial charge in [-0.25, -0.2) is 0 Å². The highest BCUT2D eigenvalue weighted by Crippen LogP contribution is 2.21. The molecule has 0 heterocycles. The van der Waals surface area contributed by atoms with Gasteiger partial charge >= 0.3 is 0 Å².